The molecule has 0 bridgehead atoms. The molecular formula is C34H29ClNO2Ru. The first-order valence-electron chi connectivity index (χ1n) is 12.4. The Bertz CT molecular complexity index is 1370. The number of benzene rings is 4. The standard InChI is InChI=1S/4C6H5.C5H4ClNO2.C5H5.Ru/c4*1-2-4-6-5-3-1;6-7-5(4-9)2-1-3-8;1-2-4-5-3-1;/h4*1-5H;1,7H,2H2;1-3H,4H2;. The quantitative estimate of drug-likeness (QED) is 0.171. The molecule has 1 aliphatic carbocycles. The monoisotopic (exact) mass is 620 g/mol. The number of halogens is 1. The van der Waals surface area contributed by atoms with Crippen LogP contribution in [0.15, 0.2) is 155 Å². The van der Waals surface area contributed by atoms with Gasteiger partial charge in [-0.25, -0.2) is 9.59 Å². The van der Waals surface area contributed by atoms with Crippen molar-refractivity contribution in [2.45, 2.75) is 12.8 Å². The second-order valence-corrected chi connectivity index (χ2v) is 18.1. The fourth-order valence-electron chi connectivity index (χ4n) is 4.74. The molecule has 0 heterocycles. The summed E-state index contributed by atoms with van der Waals surface area (Å²) in [4.78, 5) is 21.4. The van der Waals surface area contributed by atoms with Crippen molar-refractivity contribution in [3.05, 3.63) is 155 Å². The summed E-state index contributed by atoms with van der Waals surface area (Å²) in [6.45, 7) is 0. The van der Waals surface area contributed by atoms with E-state index < -0.39 is 13.6 Å². The molecule has 0 saturated heterocycles. The zero-order chi connectivity index (χ0) is 27.4. The molecule has 0 fully saturated rings. The Morgan fingerprint density at radius 1 is 0.718 bits per heavy atom. The van der Waals surface area contributed by atoms with E-state index >= 15 is 0 Å². The van der Waals surface area contributed by atoms with E-state index in [-0.39, 0.29) is 12.1 Å². The first kappa shape index (κ1) is 28.0. The summed E-state index contributed by atoms with van der Waals surface area (Å²) in [5, 5.41) is 0. The average molecular weight is 620 g/mol. The Morgan fingerprint density at radius 3 is 1.41 bits per heavy atom. The summed E-state index contributed by atoms with van der Waals surface area (Å²) >= 11 is 1.07. The normalized spacial score (nSPS) is 12.8. The fraction of sp³-hybridized carbons (Fsp3) is 0.0588. The van der Waals surface area contributed by atoms with Crippen LogP contribution in [0.1, 0.15) is 12.8 Å². The summed E-state index contributed by atoms with van der Waals surface area (Å²) in [6, 6.07) is 45.0. The Morgan fingerprint density at radius 2 is 1.13 bits per heavy atom. The molecule has 1 aliphatic rings. The van der Waals surface area contributed by atoms with Crippen molar-refractivity contribution >= 4 is 40.3 Å². The minimum atomic E-state index is -3.93. The summed E-state index contributed by atoms with van der Waals surface area (Å²) in [7, 11) is 0. The maximum Gasteiger partial charge on any atom is 0.147 e. The molecule has 0 amide bonds. The van der Waals surface area contributed by atoms with Crippen LogP contribution in [0.4, 0.5) is 0 Å². The van der Waals surface area contributed by atoms with Gasteiger partial charge in [0.05, 0.1) is 0 Å². The van der Waals surface area contributed by atoms with Crippen LogP contribution >= 0.6 is 11.8 Å². The van der Waals surface area contributed by atoms with Crippen molar-refractivity contribution in [1.29, 1.82) is 0 Å². The van der Waals surface area contributed by atoms with E-state index in [1.54, 1.807) is 4.17 Å². The smallest absolute Gasteiger partial charge is 0.147 e. The van der Waals surface area contributed by atoms with Crippen LogP contribution < -0.4 is 21.5 Å². The van der Waals surface area contributed by atoms with Gasteiger partial charge in [0.25, 0.3) is 0 Å². The molecule has 0 spiro atoms. The Balaban J connectivity index is 0.000000340. The average Bonchev–Trinajstić information content (AvgIpc) is 3.57. The third-order valence-corrected chi connectivity index (χ3v) is 19.8. The van der Waals surface area contributed by atoms with Gasteiger partial charge >= 0.3 is 180 Å². The van der Waals surface area contributed by atoms with Gasteiger partial charge in [0.1, 0.15) is 17.6 Å². The first-order valence-corrected chi connectivity index (χ1v) is 17.1. The molecule has 0 aliphatic heterocycles. The van der Waals surface area contributed by atoms with E-state index in [4.69, 9.17) is 11.8 Å². The maximum atomic E-state index is 9.78. The molecule has 3 nitrogen and oxygen atoms in total. The third-order valence-electron chi connectivity index (χ3n) is 6.33. The number of hydrogen-bond acceptors (Lipinski definition) is 3. The van der Waals surface area contributed by atoms with Crippen LogP contribution in [-0.2, 0) is 23.2 Å². The van der Waals surface area contributed by atoms with Crippen molar-refractivity contribution in [2.24, 2.45) is 0 Å². The largest absolute Gasteiger partial charge is 0.292 e. The van der Waals surface area contributed by atoms with Crippen LogP contribution in [0, 0.1) is 0 Å². The Hall–Kier alpha value is -4.03. The first-order chi connectivity index (χ1) is 19.2. The molecule has 4 aromatic rings. The molecule has 0 aromatic heterocycles. The molecule has 1 N–H and O–H groups in total. The van der Waals surface area contributed by atoms with Crippen molar-refractivity contribution in [3.8, 4) is 0 Å². The topological polar surface area (TPSA) is 46.2 Å². The van der Waals surface area contributed by atoms with Gasteiger partial charge in [-0.3, -0.25) is 4.84 Å². The van der Waals surface area contributed by atoms with Gasteiger partial charge in [0, 0.05) is 24.3 Å². The van der Waals surface area contributed by atoms with Gasteiger partial charge in [-0.1, -0.05) is 0 Å². The predicted octanol–water partition coefficient (Wildman–Crippen LogP) is 5.05. The van der Waals surface area contributed by atoms with Crippen LogP contribution in [0.2, 0.25) is 0 Å². The number of allylic oxidation sites excluding steroid dienone is 5. The van der Waals surface area contributed by atoms with E-state index in [2.05, 4.69) is 140 Å². The van der Waals surface area contributed by atoms with E-state index in [1.165, 1.54) is 28.5 Å². The van der Waals surface area contributed by atoms with E-state index in [9.17, 15) is 9.59 Å². The summed E-state index contributed by atoms with van der Waals surface area (Å²) in [6.07, 6.45) is 9.22. The number of carbonyl (C=O) groups excluding carboxylic acids is 2. The SMILES string of the molecule is C1=CC[C]([Ru]([c]2ccccc2)([c]2ccccc2)([c]2ccccc2)[c]2ccccc2)=C1.O=C=CCC(=C=O)NCl. The predicted molar refractivity (Wildman–Crippen MR) is 159 cm³/mol. The van der Waals surface area contributed by atoms with Crippen molar-refractivity contribution in [1.82, 2.24) is 4.84 Å². The third kappa shape index (κ3) is 5.04. The second kappa shape index (κ2) is 13.2. The van der Waals surface area contributed by atoms with Crippen molar-refractivity contribution in [3.63, 3.8) is 0 Å². The fourth-order valence-corrected chi connectivity index (χ4v) is 18.5. The van der Waals surface area contributed by atoms with Gasteiger partial charge in [-0.05, 0) is 0 Å². The summed E-state index contributed by atoms with van der Waals surface area (Å²) in [5.74, 6) is 2.99. The molecule has 0 unspecified atom stereocenters. The van der Waals surface area contributed by atoms with E-state index in [0.717, 1.165) is 12.5 Å². The molecule has 0 saturated carbocycles. The van der Waals surface area contributed by atoms with Crippen molar-refractivity contribution in [2.75, 3.05) is 0 Å². The number of rotatable bonds is 8. The van der Waals surface area contributed by atoms with Gasteiger partial charge < -0.3 is 0 Å². The van der Waals surface area contributed by atoms with Gasteiger partial charge in [0.15, 0.2) is 0 Å². The molecule has 0 atom stereocenters. The van der Waals surface area contributed by atoms with Crippen LogP contribution in [0.3, 0.4) is 0 Å². The Kier molecular flexibility index (Phi) is 9.45. The van der Waals surface area contributed by atoms with Crippen LogP contribution in [0.25, 0.3) is 0 Å². The van der Waals surface area contributed by atoms with Crippen molar-refractivity contribution < 1.29 is 23.2 Å². The zero-order valence-corrected chi connectivity index (χ0v) is 23.8. The van der Waals surface area contributed by atoms with Gasteiger partial charge in [-0.2, -0.15) is 0 Å². The van der Waals surface area contributed by atoms with Gasteiger partial charge in [0.2, 0.25) is 0 Å². The number of hydrogen-bond donors (Lipinski definition) is 1. The minimum Gasteiger partial charge on any atom is -0.292 e. The maximum absolute atomic E-state index is 9.78. The summed E-state index contributed by atoms with van der Waals surface area (Å²) < 4.78 is 7.29. The molecule has 5 rings (SSSR count). The molecule has 197 valence electrons. The summed E-state index contributed by atoms with van der Waals surface area (Å²) in [5.41, 5.74) is 0.125. The Labute approximate surface area is 235 Å². The molecule has 4 aromatic carbocycles. The molecular weight excluding hydrogens is 591 g/mol. The molecule has 39 heavy (non-hydrogen) atoms. The van der Waals surface area contributed by atoms with Crippen LogP contribution in [-0.4, -0.2) is 11.9 Å². The molecule has 5 heteroatoms. The van der Waals surface area contributed by atoms with E-state index in [1.807, 2.05) is 4.84 Å². The van der Waals surface area contributed by atoms with Gasteiger partial charge in [-0.15, -0.1) is 0 Å². The minimum absolute atomic E-state index is 0.125. The zero-order valence-electron chi connectivity index (χ0n) is 21.3. The molecule has 0 radical (unpaired) electrons. The number of nitrogens with one attached hydrogen (secondary N) is 1. The second-order valence-electron chi connectivity index (χ2n) is 8.44. The van der Waals surface area contributed by atoms with E-state index in [0.29, 0.717) is 0 Å². The van der Waals surface area contributed by atoms with Crippen LogP contribution in [0.5, 0.6) is 0 Å².